The van der Waals surface area contributed by atoms with Gasteiger partial charge in [0.05, 0.1) is 0 Å². The minimum absolute atomic E-state index is 0.186. The van der Waals surface area contributed by atoms with Crippen molar-refractivity contribution in [1.82, 2.24) is 0 Å². The van der Waals surface area contributed by atoms with E-state index in [4.69, 9.17) is 0 Å². The molecular weight excluding hydrogens is 208 g/mol. The van der Waals surface area contributed by atoms with Crippen LogP contribution >= 0.6 is 0 Å². The molecule has 0 aromatic rings. The molecule has 1 fully saturated rings. The van der Waals surface area contributed by atoms with E-state index in [1.54, 1.807) is 0 Å². The molecule has 0 radical (unpaired) electrons. The van der Waals surface area contributed by atoms with Crippen LogP contribution in [0.5, 0.6) is 0 Å². The molecule has 1 saturated carbocycles. The summed E-state index contributed by atoms with van der Waals surface area (Å²) in [5.41, 5.74) is -1.54. The fourth-order valence-electron chi connectivity index (χ4n) is 2.73. The first kappa shape index (κ1) is 13.0. The Kier molecular flexibility index (Phi) is 4.33. The van der Waals surface area contributed by atoms with Crippen LogP contribution in [0, 0.1) is 11.3 Å². The lowest BCUT2D eigenvalue weighted by Gasteiger charge is -2.30. The van der Waals surface area contributed by atoms with E-state index in [2.05, 4.69) is 0 Å². The van der Waals surface area contributed by atoms with Crippen molar-refractivity contribution in [2.75, 3.05) is 0 Å². The van der Waals surface area contributed by atoms with Gasteiger partial charge in [-0.1, -0.05) is 32.6 Å². The Morgan fingerprint density at radius 1 is 1.19 bits per heavy atom. The first-order valence-corrected chi connectivity index (χ1v) is 6.02. The number of unbranched alkanes of at least 4 members (excludes halogenated alkanes) is 1. The van der Waals surface area contributed by atoms with Gasteiger partial charge in [-0.3, -0.25) is 9.59 Å². The molecule has 0 heterocycles. The van der Waals surface area contributed by atoms with Gasteiger partial charge in [0.15, 0.2) is 5.41 Å². The molecule has 1 aliphatic rings. The lowest BCUT2D eigenvalue weighted by atomic mass is 9.71. The third-order valence-corrected chi connectivity index (χ3v) is 3.74. The molecule has 92 valence electrons. The first-order valence-electron chi connectivity index (χ1n) is 6.02. The highest BCUT2D eigenvalue weighted by atomic mass is 16.4. The second-order valence-electron chi connectivity index (χ2n) is 4.67. The molecule has 1 rings (SSSR count). The molecule has 0 aliphatic heterocycles. The second-order valence-corrected chi connectivity index (χ2v) is 4.67. The van der Waals surface area contributed by atoms with Crippen LogP contribution in [0.25, 0.3) is 0 Å². The van der Waals surface area contributed by atoms with Crippen LogP contribution in [-0.4, -0.2) is 22.2 Å². The molecule has 4 nitrogen and oxygen atoms in total. The minimum atomic E-state index is -1.54. The summed E-state index contributed by atoms with van der Waals surface area (Å²) >= 11 is 0. The van der Waals surface area contributed by atoms with Gasteiger partial charge in [-0.25, -0.2) is 0 Å². The van der Waals surface area contributed by atoms with E-state index in [0.29, 0.717) is 6.42 Å². The smallest absolute Gasteiger partial charge is 0.321 e. The topological polar surface area (TPSA) is 74.6 Å². The fourth-order valence-corrected chi connectivity index (χ4v) is 2.73. The highest BCUT2D eigenvalue weighted by Crippen LogP contribution is 2.44. The van der Waals surface area contributed by atoms with Gasteiger partial charge in [-0.2, -0.15) is 0 Å². The molecule has 1 aliphatic carbocycles. The van der Waals surface area contributed by atoms with Crippen molar-refractivity contribution in [3.05, 3.63) is 0 Å². The van der Waals surface area contributed by atoms with Gasteiger partial charge in [0.2, 0.25) is 0 Å². The third-order valence-electron chi connectivity index (χ3n) is 3.74. The molecule has 0 atom stereocenters. The number of hydrogen-bond acceptors (Lipinski definition) is 2. The number of aliphatic carboxylic acids is 2. The Bertz CT molecular complexity index is 252. The second kappa shape index (κ2) is 5.32. The zero-order valence-corrected chi connectivity index (χ0v) is 9.74. The Hall–Kier alpha value is -1.06. The van der Waals surface area contributed by atoms with E-state index in [-0.39, 0.29) is 12.3 Å². The van der Waals surface area contributed by atoms with Crippen molar-refractivity contribution in [3.63, 3.8) is 0 Å². The van der Waals surface area contributed by atoms with Crippen molar-refractivity contribution in [2.24, 2.45) is 11.3 Å². The fraction of sp³-hybridized carbons (Fsp3) is 0.833. The Morgan fingerprint density at radius 2 is 1.69 bits per heavy atom. The van der Waals surface area contributed by atoms with Gasteiger partial charge in [0.25, 0.3) is 0 Å². The average Bonchev–Trinajstić information content (AvgIpc) is 2.71. The van der Waals surface area contributed by atoms with Gasteiger partial charge in [-0.05, 0) is 25.2 Å². The maximum absolute atomic E-state index is 11.4. The van der Waals surface area contributed by atoms with Gasteiger partial charge in [0.1, 0.15) is 0 Å². The normalized spacial score (nSPS) is 17.6. The molecule has 16 heavy (non-hydrogen) atoms. The van der Waals surface area contributed by atoms with Crippen molar-refractivity contribution in [1.29, 1.82) is 0 Å². The molecule has 2 N–H and O–H groups in total. The Morgan fingerprint density at radius 3 is 2.06 bits per heavy atom. The molecule has 0 aromatic carbocycles. The molecule has 0 amide bonds. The van der Waals surface area contributed by atoms with E-state index in [1.165, 1.54) is 0 Å². The van der Waals surface area contributed by atoms with Crippen LogP contribution in [0.15, 0.2) is 0 Å². The van der Waals surface area contributed by atoms with Crippen molar-refractivity contribution in [3.8, 4) is 0 Å². The van der Waals surface area contributed by atoms with E-state index >= 15 is 0 Å². The predicted molar refractivity (Wildman–Crippen MR) is 59.2 cm³/mol. The summed E-state index contributed by atoms with van der Waals surface area (Å²) in [6.07, 6.45) is 5.14. The maximum Gasteiger partial charge on any atom is 0.321 e. The highest BCUT2D eigenvalue weighted by molar-refractivity contribution is 5.98. The zero-order valence-electron chi connectivity index (χ0n) is 9.74. The summed E-state index contributed by atoms with van der Waals surface area (Å²) in [5.74, 6) is -2.49. The SMILES string of the molecule is CCCCC(C(=O)O)(C(=O)O)C1CCCC1. The van der Waals surface area contributed by atoms with Crippen LogP contribution in [0.4, 0.5) is 0 Å². The van der Waals surface area contributed by atoms with E-state index in [0.717, 1.165) is 32.1 Å². The van der Waals surface area contributed by atoms with Crippen LogP contribution in [0.1, 0.15) is 51.9 Å². The zero-order chi connectivity index (χ0) is 12.2. The molecule has 0 unspecified atom stereocenters. The van der Waals surface area contributed by atoms with E-state index in [1.807, 2.05) is 6.92 Å². The summed E-state index contributed by atoms with van der Waals surface area (Å²) in [5, 5.41) is 18.6. The molecule has 0 saturated heterocycles. The Balaban J connectivity index is 2.95. The molecule has 4 heteroatoms. The molecule has 0 bridgehead atoms. The number of carboxylic acid groups (broad SMARTS) is 2. The summed E-state index contributed by atoms with van der Waals surface area (Å²) < 4.78 is 0. The average molecular weight is 228 g/mol. The summed E-state index contributed by atoms with van der Waals surface area (Å²) in [6.45, 7) is 1.95. The number of carbonyl (C=O) groups is 2. The van der Waals surface area contributed by atoms with Crippen LogP contribution in [0.2, 0.25) is 0 Å². The predicted octanol–water partition coefficient (Wildman–Crippen LogP) is 2.52. The van der Waals surface area contributed by atoms with Gasteiger partial charge < -0.3 is 10.2 Å². The number of hydrogen-bond donors (Lipinski definition) is 2. The van der Waals surface area contributed by atoms with Crippen molar-refractivity contribution < 1.29 is 19.8 Å². The largest absolute Gasteiger partial charge is 0.480 e. The minimum Gasteiger partial charge on any atom is -0.480 e. The number of carboxylic acids is 2. The van der Waals surface area contributed by atoms with Gasteiger partial charge in [0, 0.05) is 0 Å². The molecular formula is C12H20O4. The highest BCUT2D eigenvalue weighted by Gasteiger charge is 2.52. The summed E-state index contributed by atoms with van der Waals surface area (Å²) in [6, 6.07) is 0. The van der Waals surface area contributed by atoms with Crippen LogP contribution in [-0.2, 0) is 9.59 Å². The van der Waals surface area contributed by atoms with E-state index < -0.39 is 17.4 Å². The van der Waals surface area contributed by atoms with Gasteiger partial charge in [-0.15, -0.1) is 0 Å². The Labute approximate surface area is 95.7 Å². The number of rotatable bonds is 6. The van der Waals surface area contributed by atoms with E-state index in [9.17, 15) is 19.8 Å². The lowest BCUT2D eigenvalue weighted by Crippen LogP contribution is -2.45. The quantitative estimate of drug-likeness (QED) is 0.685. The molecule has 0 spiro atoms. The maximum atomic E-state index is 11.4. The van der Waals surface area contributed by atoms with Crippen molar-refractivity contribution >= 4 is 11.9 Å². The standard InChI is InChI=1S/C12H20O4/c1-2-3-8-12(10(13)14,11(15)16)9-6-4-5-7-9/h9H,2-8H2,1H3,(H,13,14)(H,15,16). The monoisotopic (exact) mass is 228 g/mol. The van der Waals surface area contributed by atoms with Crippen molar-refractivity contribution in [2.45, 2.75) is 51.9 Å². The molecule has 0 aromatic heterocycles. The van der Waals surface area contributed by atoms with Crippen LogP contribution in [0.3, 0.4) is 0 Å². The summed E-state index contributed by atoms with van der Waals surface area (Å²) in [7, 11) is 0. The first-order chi connectivity index (χ1) is 7.55. The summed E-state index contributed by atoms with van der Waals surface area (Å²) in [4.78, 5) is 22.7. The lowest BCUT2D eigenvalue weighted by molar-refractivity contribution is -0.170. The third kappa shape index (κ3) is 2.20. The van der Waals surface area contributed by atoms with Gasteiger partial charge >= 0.3 is 11.9 Å². The van der Waals surface area contributed by atoms with Crippen LogP contribution < -0.4 is 0 Å².